The monoisotopic (exact) mass is 506 g/mol. The zero-order valence-electron chi connectivity index (χ0n) is 17.7. The number of carbonyl (C=O) groups is 2. The molecule has 1 unspecified atom stereocenters. The van der Waals surface area contributed by atoms with Crippen LogP contribution >= 0.6 is 27.5 Å². The lowest BCUT2D eigenvalue weighted by Gasteiger charge is -2.31. The minimum atomic E-state index is -0.622. The zero-order chi connectivity index (χ0) is 22.2. The van der Waals surface area contributed by atoms with Crippen LogP contribution in [0.2, 0.25) is 5.02 Å². The number of ether oxygens (including phenoxy) is 1. The standard InChI is InChI=1S/C24H28BrClN2O3/c1-17(24(30)27-20-10-3-2-4-11-20)28(15-18-8-7-9-19(25)14-18)23(29)16-31-22-13-6-5-12-21(22)26/h5-9,12-14,17,20H,2-4,10-11,15-16H2,1H3,(H,27,30). The van der Waals surface area contributed by atoms with Crippen molar-refractivity contribution >= 4 is 39.3 Å². The van der Waals surface area contributed by atoms with E-state index in [0.717, 1.165) is 35.7 Å². The molecule has 31 heavy (non-hydrogen) atoms. The van der Waals surface area contributed by atoms with Crippen molar-refractivity contribution in [3.8, 4) is 5.75 Å². The maximum Gasteiger partial charge on any atom is 0.261 e. The number of rotatable bonds is 8. The van der Waals surface area contributed by atoms with Crippen molar-refractivity contribution in [2.45, 2.75) is 57.7 Å². The molecule has 1 N–H and O–H groups in total. The lowest BCUT2D eigenvalue weighted by Crippen LogP contribution is -2.51. The molecule has 1 saturated carbocycles. The molecule has 1 atom stereocenters. The van der Waals surface area contributed by atoms with Crippen LogP contribution in [0.25, 0.3) is 0 Å². The highest BCUT2D eigenvalue weighted by molar-refractivity contribution is 9.10. The highest BCUT2D eigenvalue weighted by atomic mass is 79.9. The summed E-state index contributed by atoms with van der Waals surface area (Å²) in [6, 6.07) is 14.3. The van der Waals surface area contributed by atoms with Gasteiger partial charge in [-0.2, -0.15) is 0 Å². The van der Waals surface area contributed by atoms with E-state index >= 15 is 0 Å². The van der Waals surface area contributed by atoms with Gasteiger partial charge in [-0.3, -0.25) is 9.59 Å². The maximum atomic E-state index is 13.1. The summed E-state index contributed by atoms with van der Waals surface area (Å²) in [7, 11) is 0. The number of nitrogens with zero attached hydrogens (tertiary/aromatic N) is 1. The lowest BCUT2D eigenvalue weighted by atomic mass is 9.95. The van der Waals surface area contributed by atoms with E-state index in [0.29, 0.717) is 17.3 Å². The Labute approximate surface area is 197 Å². The predicted octanol–water partition coefficient (Wildman–Crippen LogP) is 5.35. The van der Waals surface area contributed by atoms with Gasteiger partial charge in [0.2, 0.25) is 5.91 Å². The first-order valence-corrected chi connectivity index (χ1v) is 11.8. The average Bonchev–Trinajstić information content (AvgIpc) is 2.77. The van der Waals surface area contributed by atoms with Crippen LogP contribution in [0.5, 0.6) is 5.75 Å². The summed E-state index contributed by atoms with van der Waals surface area (Å²) < 4.78 is 6.58. The second-order valence-corrected chi connectivity index (χ2v) is 9.21. The molecule has 2 aromatic carbocycles. The molecule has 0 aromatic heterocycles. The van der Waals surface area contributed by atoms with Crippen molar-refractivity contribution < 1.29 is 14.3 Å². The number of hydrogen-bond acceptors (Lipinski definition) is 3. The van der Waals surface area contributed by atoms with Crippen LogP contribution in [-0.4, -0.2) is 35.4 Å². The number of halogens is 2. The minimum Gasteiger partial charge on any atom is -0.482 e. The second kappa shape index (κ2) is 11.5. The molecule has 0 spiro atoms. The van der Waals surface area contributed by atoms with Crippen molar-refractivity contribution in [3.63, 3.8) is 0 Å². The smallest absolute Gasteiger partial charge is 0.261 e. The van der Waals surface area contributed by atoms with Crippen LogP contribution in [0.4, 0.5) is 0 Å². The van der Waals surface area contributed by atoms with Gasteiger partial charge in [-0.25, -0.2) is 0 Å². The van der Waals surface area contributed by atoms with E-state index < -0.39 is 6.04 Å². The maximum absolute atomic E-state index is 13.1. The first-order valence-electron chi connectivity index (χ1n) is 10.7. The third-order valence-electron chi connectivity index (χ3n) is 5.55. The third-order valence-corrected chi connectivity index (χ3v) is 6.35. The van der Waals surface area contributed by atoms with Crippen molar-refractivity contribution in [2.75, 3.05) is 6.61 Å². The van der Waals surface area contributed by atoms with Crippen LogP contribution in [-0.2, 0) is 16.1 Å². The first kappa shape index (κ1) is 23.6. The van der Waals surface area contributed by atoms with E-state index in [9.17, 15) is 9.59 Å². The molecule has 2 aromatic rings. The topological polar surface area (TPSA) is 58.6 Å². The van der Waals surface area contributed by atoms with Gasteiger partial charge in [0.05, 0.1) is 5.02 Å². The highest BCUT2D eigenvalue weighted by Gasteiger charge is 2.28. The molecule has 3 rings (SSSR count). The van der Waals surface area contributed by atoms with E-state index in [1.54, 1.807) is 36.1 Å². The molecule has 1 aliphatic carbocycles. The SMILES string of the molecule is CC(C(=O)NC1CCCCC1)N(Cc1cccc(Br)c1)C(=O)COc1ccccc1Cl. The Morgan fingerprint density at radius 1 is 1.16 bits per heavy atom. The summed E-state index contributed by atoms with van der Waals surface area (Å²) in [4.78, 5) is 27.7. The molecule has 0 radical (unpaired) electrons. The normalized spacial score (nSPS) is 15.2. The molecule has 7 heteroatoms. The van der Waals surface area contributed by atoms with Gasteiger partial charge in [0.1, 0.15) is 11.8 Å². The van der Waals surface area contributed by atoms with Gasteiger partial charge in [-0.05, 0) is 49.6 Å². The number of carbonyl (C=O) groups excluding carboxylic acids is 2. The Hall–Kier alpha value is -2.05. The fraction of sp³-hybridized carbons (Fsp3) is 0.417. The van der Waals surface area contributed by atoms with Crippen molar-refractivity contribution in [3.05, 3.63) is 63.6 Å². The first-order chi connectivity index (χ1) is 14.9. The summed E-state index contributed by atoms with van der Waals surface area (Å²) >= 11 is 9.60. The summed E-state index contributed by atoms with van der Waals surface area (Å²) in [5.74, 6) is 0.0402. The Morgan fingerprint density at radius 2 is 1.90 bits per heavy atom. The Kier molecular flexibility index (Phi) is 8.79. The van der Waals surface area contributed by atoms with E-state index in [4.69, 9.17) is 16.3 Å². The van der Waals surface area contributed by atoms with Crippen molar-refractivity contribution in [1.29, 1.82) is 0 Å². The summed E-state index contributed by atoms with van der Waals surface area (Å²) in [5.41, 5.74) is 0.929. The molecule has 1 fully saturated rings. The van der Waals surface area contributed by atoms with E-state index in [1.165, 1.54) is 6.42 Å². The van der Waals surface area contributed by atoms with Gasteiger partial charge in [0.25, 0.3) is 5.91 Å². The molecular formula is C24H28BrClN2O3. The fourth-order valence-corrected chi connectivity index (χ4v) is 4.40. The minimum absolute atomic E-state index is 0.131. The summed E-state index contributed by atoms with van der Waals surface area (Å²) in [5, 5.41) is 3.57. The average molecular weight is 508 g/mol. The van der Waals surface area contributed by atoms with Crippen molar-refractivity contribution in [1.82, 2.24) is 10.2 Å². The van der Waals surface area contributed by atoms with E-state index in [2.05, 4.69) is 21.2 Å². The van der Waals surface area contributed by atoms with Crippen molar-refractivity contribution in [2.24, 2.45) is 0 Å². The Bertz CT molecular complexity index is 902. The van der Waals surface area contributed by atoms with Crippen LogP contribution in [0.3, 0.4) is 0 Å². The summed E-state index contributed by atoms with van der Waals surface area (Å²) in [6.45, 7) is 1.88. The molecule has 1 aliphatic rings. The van der Waals surface area contributed by atoms with Gasteiger partial charge >= 0.3 is 0 Å². The van der Waals surface area contributed by atoms with Gasteiger partial charge < -0.3 is 15.0 Å². The molecule has 5 nitrogen and oxygen atoms in total. The molecular weight excluding hydrogens is 480 g/mol. The molecule has 2 amide bonds. The van der Waals surface area contributed by atoms with Gasteiger partial charge in [-0.1, -0.05) is 71.1 Å². The molecule has 0 bridgehead atoms. The quantitative estimate of drug-likeness (QED) is 0.524. The van der Waals surface area contributed by atoms with E-state index in [-0.39, 0.29) is 24.5 Å². The fourth-order valence-electron chi connectivity index (χ4n) is 3.77. The predicted molar refractivity (Wildman–Crippen MR) is 126 cm³/mol. The van der Waals surface area contributed by atoms with Crippen LogP contribution in [0.15, 0.2) is 53.0 Å². The van der Waals surface area contributed by atoms with E-state index in [1.807, 2.05) is 24.3 Å². The Morgan fingerprint density at radius 3 is 2.61 bits per heavy atom. The second-order valence-electron chi connectivity index (χ2n) is 7.89. The van der Waals surface area contributed by atoms with Crippen LogP contribution in [0.1, 0.15) is 44.6 Å². The molecule has 0 saturated heterocycles. The van der Waals surface area contributed by atoms with Crippen LogP contribution in [0, 0.1) is 0 Å². The number of para-hydroxylation sites is 1. The van der Waals surface area contributed by atoms with Crippen LogP contribution < -0.4 is 10.1 Å². The molecule has 0 aliphatic heterocycles. The molecule has 0 heterocycles. The van der Waals surface area contributed by atoms with Gasteiger partial charge in [0.15, 0.2) is 6.61 Å². The summed E-state index contributed by atoms with van der Waals surface area (Å²) in [6.07, 6.45) is 5.47. The largest absolute Gasteiger partial charge is 0.482 e. The van der Waals surface area contributed by atoms with Gasteiger partial charge in [-0.15, -0.1) is 0 Å². The zero-order valence-corrected chi connectivity index (χ0v) is 20.0. The molecule has 166 valence electrons. The highest BCUT2D eigenvalue weighted by Crippen LogP contribution is 2.23. The lowest BCUT2D eigenvalue weighted by molar-refractivity contribution is -0.142. The number of hydrogen-bond donors (Lipinski definition) is 1. The number of benzene rings is 2. The third kappa shape index (κ3) is 6.97. The van der Waals surface area contributed by atoms with Gasteiger partial charge in [0, 0.05) is 17.1 Å². The Balaban J connectivity index is 1.71. The number of nitrogens with one attached hydrogen (secondary N) is 1. The number of amides is 2.